The van der Waals surface area contributed by atoms with E-state index in [0.29, 0.717) is 23.3 Å². The van der Waals surface area contributed by atoms with Crippen molar-refractivity contribution in [3.05, 3.63) is 70.9 Å². The van der Waals surface area contributed by atoms with Crippen LogP contribution in [0.4, 0.5) is 8.78 Å². The summed E-state index contributed by atoms with van der Waals surface area (Å²) in [6.45, 7) is 0.626. The first kappa shape index (κ1) is 18.1. The minimum atomic E-state index is -0.471. The van der Waals surface area contributed by atoms with E-state index < -0.39 is 11.7 Å². The van der Waals surface area contributed by atoms with Crippen molar-refractivity contribution in [3.8, 4) is 17.1 Å². The molecule has 8 heteroatoms. The molecule has 1 amide bonds. The first-order valence-electron chi connectivity index (χ1n) is 8.63. The van der Waals surface area contributed by atoms with E-state index in [0.717, 1.165) is 0 Å². The van der Waals surface area contributed by atoms with Gasteiger partial charge in [0, 0.05) is 18.2 Å². The molecule has 0 bridgehead atoms. The maximum atomic E-state index is 13.8. The molecule has 0 radical (unpaired) electrons. The van der Waals surface area contributed by atoms with Crippen molar-refractivity contribution in [3.63, 3.8) is 0 Å². The summed E-state index contributed by atoms with van der Waals surface area (Å²) in [4.78, 5) is 12.3. The zero-order chi connectivity index (χ0) is 19.5. The number of nitrogens with one attached hydrogen (secondary N) is 1. The molecule has 3 aromatic rings. The van der Waals surface area contributed by atoms with Crippen LogP contribution in [-0.2, 0) is 17.8 Å². The molecule has 1 N–H and O–H groups in total. The summed E-state index contributed by atoms with van der Waals surface area (Å²) < 4.78 is 43.2. The van der Waals surface area contributed by atoms with Crippen molar-refractivity contribution >= 4 is 5.91 Å². The molecule has 144 valence electrons. The topological polar surface area (TPSA) is 73.6 Å². The Bertz CT molecular complexity index is 1020. The van der Waals surface area contributed by atoms with E-state index >= 15 is 0 Å². The molecule has 6 nitrogen and oxygen atoms in total. The van der Waals surface area contributed by atoms with Crippen LogP contribution in [0.5, 0.6) is 5.75 Å². The maximum absolute atomic E-state index is 13.8. The van der Waals surface area contributed by atoms with Crippen molar-refractivity contribution in [1.82, 2.24) is 10.5 Å². The number of ether oxygens (including phenoxy) is 2. The van der Waals surface area contributed by atoms with Crippen molar-refractivity contribution in [1.29, 1.82) is 0 Å². The van der Waals surface area contributed by atoms with Gasteiger partial charge in [-0.15, -0.1) is 0 Å². The Labute approximate surface area is 159 Å². The van der Waals surface area contributed by atoms with E-state index in [1.807, 2.05) is 0 Å². The Kier molecular flexibility index (Phi) is 5.03. The minimum Gasteiger partial charge on any atom is -0.467 e. The lowest BCUT2D eigenvalue weighted by atomic mass is 10.1. The van der Waals surface area contributed by atoms with Gasteiger partial charge in [0.05, 0.1) is 12.2 Å². The normalized spacial score (nSPS) is 12.9. The van der Waals surface area contributed by atoms with E-state index in [2.05, 4.69) is 10.5 Å². The number of benzene rings is 2. The Hall–Kier alpha value is -3.26. The Morgan fingerprint density at radius 3 is 2.89 bits per heavy atom. The van der Waals surface area contributed by atoms with Gasteiger partial charge in [-0.05, 0) is 36.2 Å². The second kappa shape index (κ2) is 7.77. The third-order valence-electron chi connectivity index (χ3n) is 4.31. The lowest BCUT2D eigenvalue weighted by molar-refractivity contribution is -0.0172. The van der Waals surface area contributed by atoms with Crippen molar-refractivity contribution < 1.29 is 27.6 Å². The van der Waals surface area contributed by atoms with Crippen LogP contribution in [-0.4, -0.2) is 24.4 Å². The van der Waals surface area contributed by atoms with Crippen LogP contribution in [0.25, 0.3) is 11.3 Å². The molecule has 0 fully saturated rings. The first-order chi connectivity index (χ1) is 13.6. The predicted octanol–water partition coefficient (Wildman–Crippen LogP) is 3.46. The predicted molar refractivity (Wildman–Crippen MR) is 94.6 cm³/mol. The molecule has 1 aromatic heterocycles. The summed E-state index contributed by atoms with van der Waals surface area (Å²) in [5.74, 6) is -0.576. The van der Waals surface area contributed by atoms with Crippen LogP contribution in [0.2, 0.25) is 0 Å². The molecule has 0 saturated heterocycles. The fourth-order valence-electron chi connectivity index (χ4n) is 3.01. The third kappa shape index (κ3) is 3.72. The van der Waals surface area contributed by atoms with Crippen LogP contribution in [0.1, 0.15) is 21.6 Å². The monoisotopic (exact) mass is 386 g/mol. The number of rotatable bonds is 5. The van der Waals surface area contributed by atoms with Gasteiger partial charge in [0.25, 0.3) is 5.91 Å². The van der Waals surface area contributed by atoms with Gasteiger partial charge in [-0.25, -0.2) is 8.78 Å². The highest BCUT2D eigenvalue weighted by Crippen LogP contribution is 2.29. The van der Waals surface area contributed by atoms with E-state index in [-0.39, 0.29) is 42.8 Å². The molecule has 0 saturated carbocycles. The van der Waals surface area contributed by atoms with E-state index in [1.165, 1.54) is 30.3 Å². The van der Waals surface area contributed by atoms with Gasteiger partial charge in [-0.1, -0.05) is 17.3 Å². The highest BCUT2D eigenvalue weighted by atomic mass is 19.1. The van der Waals surface area contributed by atoms with Crippen LogP contribution in [0.15, 0.2) is 47.0 Å². The van der Waals surface area contributed by atoms with Crippen molar-refractivity contribution in [2.24, 2.45) is 0 Å². The highest BCUT2D eigenvalue weighted by molar-refractivity contribution is 5.93. The first-order valence-corrected chi connectivity index (χ1v) is 8.63. The average molecular weight is 386 g/mol. The molecule has 1 aliphatic heterocycles. The van der Waals surface area contributed by atoms with Crippen molar-refractivity contribution in [2.45, 2.75) is 13.0 Å². The van der Waals surface area contributed by atoms with Gasteiger partial charge in [0.2, 0.25) is 0 Å². The van der Waals surface area contributed by atoms with Gasteiger partial charge in [-0.2, -0.15) is 0 Å². The zero-order valence-electron chi connectivity index (χ0n) is 14.7. The number of nitrogens with zero attached hydrogens (tertiary/aromatic N) is 1. The molecule has 4 rings (SSSR count). The summed E-state index contributed by atoms with van der Waals surface area (Å²) >= 11 is 0. The average Bonchev–Trinajstić information content (AvgIpc) is 3.18. The fraction of sp³-hybridized carbons (Fsp3) is 0.200. The summed E-state index contributed by atoms with van der Waals surface area (Å²) in [5.41, 5.74) is 1.54. The molecule has 0 unspecified atom stereocenters. The van der Waals surface area contributed by atoms with Crippen LogP contribution < -0.4 is 10.1 Å². The highest BCUT2D eigenvalue weighted by Gasteiger charge is 2.18. The third-order valence-corrected chi connectivity index (χ3v) is 4.31. The standard InChI is InChI=1S/C20H16F2N2O4/c21-14-7-12(19-13(8-14)10-26-11-27-19)5-6-23-20(25)17-9-18(28-24-17)15-3-1-2-4-16(15)22/h1-4,7-9H,5-6,10-11H2,(H,23,25). The summed E-state index contributed by atoms with van der Waals surface area (Å²) in [5, 5.41) is 6.38. The zero-order valence-corrected chi connectivity index (χ0v) is 14.7. The number of fused-ring (bicyclic) bond motifs is 1. The van der Waals surface area contributed by atoms with Gasteiger partial charge in [0.1, 0.15) is 17.4 Å². The molecule has 0 aliphatic carbocycles. The molecular weight excluding hydrogens is 370 g/mol. The van der Waals surface area contributed by atoms with Gasteiger partial charge in [0.15, 0.2) is 18.2 Å². The molecule has 0 atom stereocenters. The summed E-state index contributed by atoms with van der Waals surface area (Å²) in [6, 6.07) is 10.2. The molecule has 28 heavy (non-hydrogen) atoms. The summed E-state index contributed by atoms with van der Waals surface area (Å²) in [7, 11) is 0. The summed E-state index contributed by atoms with van der Waals surface area (Å²) in [6.07, 6.45) is 0.365. The van der Waals surface area contributed by atoms with Gasteiger partial charge < -0.3 is 19.3 Å². The number of hydrogen-bond donors (Lipinski definition) is 1. The molecular formula is C20H16F2N2O4. The SMILES string of the molecule is O=C(NCCc1cc(F)cc2c1OCOC2)c1cc(-c2ccccc2F)on1. The Morgan fingerprint density at radius 2 is 2.04 bits per heavy atom. The smallest absolute Gasteiger partial charge is 0.273 e. The Morgan fingerprint density at radius 1 is 1.18 bits per heavy atom. The van der Waals surface area contributed by atoms with Crippen LogP contribution in [0, 0.1) is 11.6 Å². The number of carbonyl (C=O) groups excluding carboxylic acids is 1. The number of hydrogen-bond acceptors (Lipinski definition) is 5. The van der Waals surface area contributed by atoms with E-state index in [4.69, 9.17) is 14.0 Å². The minimum absolute atomic E-state index is 0.0316. The molecule has 2 aromatic carbocycles. The molecule has 0 spiro atoms. The lowest BCUT2D eigenvalue weighted by Crippen LogP contribution is -2.26. The van der Waals surface area contributed by atoms with Crippen molar-refractivity contribution in [2.75, 3.05) is 13.3 Å². The van der Waals surface area contributed by atoms with E-state index in [9.17, 15) is 13.6 Å². The second-order valence-corrected chi connectivity index (χ2v) is 6.23. The van der Waals surface area contributed by atoms with Crippen LogP contribution in [0.3, 0.4) is 0 Å². The van der Waals surface area contributed by atoms with E-state index in [1.54, 1.807) is 12.1 Å². The number of carbonyl (C=O) groups is 1. The number of aromatic nitrogens is 1. The largest absolute Gasteiger partial charge is 0.467 e. The second-order valence-electron chi connectivity index (χ2n) is 6.23. The quantitative estimate of drug-likeness (QED) is 0.727. The molecule has 2 heterocycles. The maximum Gasteiger partial charge on any atom is 0.273 e. The number of amides is 1. The Balaban J connectivity index is 1.41. The van der Waals surface area contributed by atoms with Gasteiger partial charge in [-0.3, -0.25) is 4.79 Å². The van der Waals surface area contributed by atoms with Gasteiger partial charge >= 0.3 is 0 Å². The number of halogens is 2. The fourth-order valence-corrected chi connectivity index (χ4v) is 3.01. The molecule has 1 aliphatic rings. The lowest BCUT2D eigenvalue weighted by Gasteiger charge is -2.20. The van der Waals surface area contributed by atoms with Crippen LogP contribution >= 0.6 is 0 Å².